The summed E-state index contributed by atoms with van der Waals surface area (Å²) in [5.74, 6) is 6.22. The molecule has 0 atom stereocenters. The van der Waals surface area contributed by atoms with Crippen LogP contribution in [0.25, 0.3) is 19.5 Å². The molecule has 0 N–H and O–H groups in total. The summed E-state index contributed by atoms with van der Waals surface area (Å²) in [6.07, 6.45) is 0. The standard InChI is InChI=1S/C72H60N4O8PS4/c1-77-53-25-9-45(10-26-53)73(46-11-27-54(78-2)28-12-46)65-41-61-69(86-65)70-62(42-66(87-70)74(47-13-29-55(79-3)30-14-47)48-15-31-56(80-4)32-16-48)85(61)63-43-67(75(49-17-33-57(81-5)34-18-49)50-19-35-58(82-6)36-20-50)88-71(63)72-64(85)44-68(89-72)76(51-21-37-59(83-7)38-22-51)52-23-39-60(84-8)40-24-52/h9-44H,1-8H3/q+1. The van der Waals surface area contributed by atoms with Gasteiger partial charge >= 0.3 is 0 Å². The Hall–Kier alpha value is -9.41. The van der Waals surface area contributed by atoms with Crippen molar-refractivity contribution < 1.29 is 37.9 Å². The van der Waals surface area contributed by atoms with E-state index in [0.717, 1.165) is 111 Å². The zero-order valence-electron chi connectivity index (χ0n) is 49.9. The van der Waals surface area contributed by atoms with Crippen molar-refractivity contribution >= 4 is 139 Å². The number of methoxy groups -OCH3 is 8. The molecule has 17 heteroatoms. The molecule has 444 valence electrons. The van der Waals surface area contributed by atoms with E-state index in [4.69, 9.17) is 37.9 Å². The van der Waals surface area contributed by atoms with Gasteiger partial charge in [0, 0.05) is 69.8 Å². The second kappa shape index (κ2) is 23.9. The van der Waals surface area contributed by atoms with E-state index >= 15 is 0 Å². The minimum Gasteiger partial charge on any atom is -0.497 e. The molecule has 0 saturated heterocycles. The summed E-state index contributed by atoms with van der Waals surface area (Å²) in [5.41, 5.74) is 7.95. The highest BCUT2D eigenvalue weighted by molar-refractivity contribution is 8.04. The summed E-state index contributed by atoms with van der Waals surface area (Å²) in [4.78, 5) is 14.4. The third-order valence-corrected chi connectivity index (χ3v) is 25.9. The van der Waals surface area contributed by atoms with Gasteiger partial charge in [0.15, 0.2) is 7.26 Å². The summed E-state index contributed by atoms with van der Waals surface area (Å²) < 4.78 is 45.9. The predicted molar refractivity (Wildman–Crippen MR) is 372 cm³/mol. The van der Waals surface area contributed by atoms with Gasteiger partial charge in [-0.05, 0) is 194 Å². The molecule has 89 heavy (non-hydrogen) atoms. The van der Waals surface area contributed by atoms with E-state index in [1.807, 2.05) is 142 Å². The fraction of sp³-hybridized carbons (Fsp3) is 0.111. The van der Waals surface area contributed by atoms with Crippen LogP contribution in [0.15, 0.2) is 218 Å². The number of ether oxygens (including phenoxy) is 8. The van der Waals surface area contributed by atoms with Crippen LogP contribution in [0, 0.1) is 0 Å². The Morgan fingerprint density at radius 2 is 0.348 bits per heavy atom. The number of fused-ring (bicyclic) bond motifs is 10. The molecule has 14 rings (SSSR count). The molecule has 0 fully saturated rings. The van der Waals surface area contributed by atoms with Crippen molar-refractivity contribution in [2.45, 2.75) is 0 Å². The Kier molecular flexibility index (Phi) is 15.4. The Labute approximate surface area is 534 Å². The fourth-order valence-electron chi connectivity index (χ4n) is 11.8. The van der Waals surface area contributed by atoms with Gasteiger partial charge in [0.05, 0.1) is 76.4 Å². The molecule has 2 aliphatic heterocycles. The SMILES string of the molecule is COc1ccc(N(c2ccc(OC)cc2)c2cc3c(s2)-c2sc(N(c4ccc(OC)cc4)c4ccc(OC)cc4)cc2[P+]32c3cc(N(c4ccc(OC)cc4)c4ccc(OC)cc4)sc3-c3sc(N(c4ccc(OC)cc4)c4ccc(OC)cc4)cc32)cc1. The highest BCUT2D eigenvalue weighted by Gasteiger charge is 2.65. The molecule has 0 amide bonds. The third kappa shape index (κ3) is 10.0. The number of rotatable bonds is 20. The van der Waals surface area contributed by atoms with Crippen LogP contribution < -0.4 is 78.7 Å². The van der Waals surface area contributed by atoms with E-state index in [0.29, 0.717) is 0 Å². The number of benzene rings is 8. The van der Waals surface area contributed by atoms with Gasteiger partial charge in [0.1, 0.15) is 87.2 Å². The molecule has 0 aliphatic carbocycles. The van der Waals surface area contributed by atoms with Crippen LogP contribution in [0.2, 0.25) is 0 Å². The average molecular weight is 1270 g/mol. The molecule has 12 nitrogen and oxygen atoms in total. The molecule has 2 aliphatic rings. The van der Waals surface area contributed by atoms with Gasteiger partial charge in [0.25, 0.3) is 0 Å². The molecule has 8 aromatic carbocycles. The Morgan fingerprint density at radius 1 is 0.213 bits per heavy atom. The second-order valence-corrected chi connectivity index (χ2v) is 28.2. The van der Waals surface area contributed by atoms with E-state index in [1.54, 1.807) is 56.9 Å². The smallest absolute Gasteiger partial charge is 0.150 e. The van der Waals surface area contributed by atoms with Gasteiger partial charge in [-0.3, -0.25) is 0 Å². The Morgan fingerprint density at radius 3 is 0.472 bits per heavy atom. The van der Waals surface area contributed by atoms with E-state index in [2.05, 4.69) is 141 Å². The van der Waals surface area contributed by atoms with Crippen molar-refractivity contribution in [1.82, 2.24) is 0 Å². The normalized spacial score (nSPS) is 12.1. The first-order valence-electron chi connectivity index (χ1n) is 28.5. The Balaban J connectivity index is 1.07. The van der Waals surface area contributed by atoms with Crippen LogP contribution in [0.5, 0.6) is 46.0 Å². The van der Waals surface area contributed by atoms with Crippen LogP contribution in [0.1, 0.15) is 0 Å². The minimum atomic E-state index is -2.89. The van der Waals surface area contributed by atoms with Crippen LogP contribution in [-0.2, 0) is 0 Å². The van der Waals surface area contributed by atoms with E-state index in [-0.39, 0.29) is 0 Å². The van der Waals surface area contributed by atoms with Crippen molar-refractivity contribution in [3.63, 3.8) is 0 Å². The number of hydrogen-bond acceptors (Lipinski definition) is 16. The van der Waals surface area contributed by atoms with Crippen molar-refractivity contribution in [2.24, 2.45) is 0 Å². The largest absolute Gasteiger partial charge is 0.497 e. The van der Waals surface area contributed by atoms with Crippen molar-refractivity contribution in [1.29, 1.82) is 0 Å². The first kappa shape index (κ1) is 57.3. The van der Waals surface area contributed by atoms with E-state index in [9.17, 15) is 0 Å². The first-order valence-corrected chi connectivity index (χ1v) is 33.5. The average Bonchev–Trinajstić information content (AvgIpc) is 1.49. The summed E-state index contributed by atoms with van der Waals surface area (Å²) in [6, 6.07) is 76.7. The summed E-state index contributed by atoms with van der Waals surface area (Å²) in [6.45, 7) is 0. The highest BCUT2D eigenvalue weighted by Crippen LogP contribution is 2.73. The molecule has 0 unspecified atom stereocenters. The van der Waals surface area contributed by atoms with Crippen LogP contribution >= 0.6 is 52.6 Å². The van der Waals surface area contributed by atoms with Gasteiger partial charge in [-0.2, -0.15) is 0 Å². The zero-order chi connectivity index (χ0) is 60.9. The van der Waals surface area contributed by atoms with Crippen LogP contribution in [-0.4, -0.2) is 56.9 Å². The molecule has 0 radical (unpaired) electrons. The lowest BCUT2D eigenvalue weighted by molar-refractivity contribution is 0.414. The first-order chi connectivity index (χ1) is 43.7. The van der Waals surface area contributed by atoms with Gasteiger partial charge in [-0.1, -0.05) is 0 Å². The molecular weight excluding hydrogens is 1210 g/mol. The van der Waals surface area contributed by atoms with Crippen LogP contribution in [0.4, 0.5) is 65.5 Å². The lowest BCUT2D eigenvalue weighted by Crippen LogP contribution is -2.31. The molecule has 6 heterocycles. The number of hydrogen-bond donors (Lipinski definition) is 0. The van der Waals surface area contributed by atoms with Gasteiger partial charge in [0.2, 0.25) is 0 Å². The minimum absolute atomic E-state index is 0.778. The number of anilines is 12. The molecule has 12 aromatic rings. The van der Waals surface area contributed by atoms with Crippen LogP contribution in [0.3, 0.4) is 0 Å². The van der Waals surface area contributed by atoms with E-state index < -0.39 is 7.26 Å². The molecule has 0 saturated carbocycles. The van der Waals surface area contributed by atoms with Gasteiger partial charge < -0.3 is 57.5 Å². The van der Waals surface area contributed by atoms with Gasteiger partial charge in [-0.15, -0.1) is 45.3 Å². The summed E-state index contributed by atoms with van der Waals surface area (Å²) >= 11 is 7.34. The maximum Gasteiger partial charge on any atom is 0.150 e. The van der Waals surface area contributed by atoms with E-state index in [1.165, 1.54) is 40.7 Å². The molecule has 0 bridgehead atoms. The van der Waals surface area contributed by atoms with Crippen molar-refractivity contribution in [3.05, 3.63) is 218 Å². The maximum absolute atomic E-state index is 5.74. The monoisotopic (exact) mass is 1270 g/mol. The van der Waals surface area contributed by atoms with Gasteiger partial charge in [-0.25, -0.2) is 0 Å². The maximum atomic E-state index is 5.74. The topological polar surface area (TPSA) is 86.8 Å². The predicted octanol–water partition coefficient (Wildman–Crippen LogP) is 18.5. The second-order valence-electron chi connectivity index (χ2n) is 20.8. The Bertz CT molecular complexity index is 3710. The van der Waals surface area contributed by atoms with Crippen molar-refractivity contribution in [3.8, 4) is 65.5 Å². The lowest BCUT2D eigenvalue weighted by atomic mass is 10.2. The molecular formula is C72H60N4O8PS4+. The summed E-state index contributed by atoms with van der Waals surface area (Å²) in [5, 5.41) is 9.54. The number of thiophene rings is 4. The quantitative estimate of drug-likeness (QED) is 0.0681. The molecule has 4 aromatic heterocycles. The summed E-state index contributed by atoms with van der Waals surface area (Å²) in [7, 11) is 10.7. The number of nitrogens with zero attached hydrogens (tertiary/aromatic N) is 4. The highest BCUT2D eigenvalue weighted by atomic mass is 32.1. The van der Waals surface area contributed by atoms with Crippen molar-refractivity contribution in [2.75, 3.05) is 76.5 Å². The zero-order valence-corrected chi connectivity index (χ0v) is 54.1. The fourth-order valence-corrected chi connectivity index (χ4v) is 23.9. The third-order valence-electron chi connectivity index (χ3n) is 16.2. The molecule has 1 spiro atoms. The lowest BCUT2D eigenvalue weighted by Gasteiger charge is -2.26.